The lowest BCUT2D eigenvalue weighted by atomic mass is 9.95. The van der Waals surface area contributed by atoms with Crippen LogP contribution in [-0.4, -0.2) is 41.6 Å². The van der Waals surface area contributed by atoms with Crippen LogP contribution in [0.5, 0.6) is 0 Å². The second kappa shape index (κ2) is 5.63. The third kappa shape index (κ3) is 2.67. The van der Waals surface area contributed by atoms with Gasteiger partial charge in [-0.1, -0.05) is 38.1 Å². The fourth-order valence-electron chi connectivity index (χ4n) is 2.40. The van der Waals surface area contributed by atoms with Crippen LogP contribution in [0.2, 0.25) is 0 Å². The Morgan fingerprint density at radius 1 is 1.35 bits per heavy atom. The van der Waals surface area contributed by atoms with Crippen molar-refractivity contribution in [1.82, 2.24) is 4.90 Å². The molecular formula is C15H19NO4. The number of carbonyl (C=O) groups is 2. The van der Waals surface area contributed by atoms with E-state index >= 15 is 0 Å². The molecule has 5 nitrogen and oxygen atoms in total. The van der Waals surface area contributed by atoms with Crippen LogP contribution in [0.3, 0.4) is 0 Å². The standard InChI is InChI=1S/C15H19NO4/c1-9(2)10-4-6-11(7-5-10)13-14(15(18)19)20-8-12(17)16(13)3/h4-7,9,13-14H,8H2,1-3H3,(H,18,19). The van der Waals surface area contributed by atoms with Gasteiger partial charge in [0, 0.05) is 7.05 Å². The molecule has 1 heterocycles. The first-order valence-corrected chi connectivity index (χ1v) is 6.61. The van der Waals surface area contributed by atoms with Gasteiger partial charge in [-0.25, -0.2) is 4.79 Å². The molecule has 2 unspecified atom stereocenters. The minimum atomic E-state index is -1.05. The monoisotopic (exact) mass is 277 g/mol. The molecule has 1 aromatic carbocycles. The molecule has 0 aromatic heterocycles. The van der Waals surface area contributed by atoms with Crippen molar-refractivity contribution in [2.45, 2.75) is 31.9 Å². The van der Waals surface area contributed by atoms with E-state index in [1.807, 2.05) is 24.3 Å². The Morgan fingerprint density at radius 3 is 2.45 bits per heavy atom. The molecule has 0 spiro atoms. The van der Waals surface area contributed by atoms with Crippen molar-refractivity contribution >= 4 is 11.9 Å². The molecule has 0 aliphatic carbocycles. The summed E-state index contributed by atoms with van der Waals surface area (Å²) in [6.45, 7) is 4.00. The second-order valence-electron chi connectivity index (χ2n) is 5.34. The number of nitrogens with zero attached hydrogens (tertiary/aromatic N) is 1. The van der Waals surface area contributed by atoms with Gasteiger partial charge in [0.2, 0.25) is 5.91 Å². The van der Waals surface area contributed by atoms with E-state index in [1.54, 1.807) is 7.05 Å². The van der Waals surface area contributed by atoms with Gasteiger partial charge in [0.1, 0.15) is 6.61 Å². The minimum absolute atomic E-state index is 0.186. The van der Waals surface area contributed by atoms with Gasteiger partial charge >= 0.3 is 5.97 Å². The number of likely N-dealkylation sites (N-methyl/N-ethyl adjacent to an activating group) is 1. The van der Waals surface area contributed by atoms with Crippen LogP contribution < -0.4 is 0 Å². The predicted molar refractivity (Wildman–Crippen MR) is 73.4 cm³/mol. The molecule has 0 radical (unpaired) electrons. The molecule has 20 heavy (non-hydrogen) atoms. The molecule has 1 aliphatic rings. The normalized spacial score (nSPS) is 23.2. The molecule has 1 saturated heterocycles. The molecule has 1 N–H and O–H groups in total. The molecule has 2 rings (SSSR count). The van der Waals surface area contributed by atoms with Crippen molar-refractivity contribution in [3.8, 4) is 0 Å². The molecule has 0 saturated carbocycles. The summed E-state index contributed by atoms with van der Waals surface area (Å²) in [6.07, 6.45) is -1.03. The number of benzene rings is 1. The van der Waals surface area contributed by atoms with E-state index in [4.69, 9.17) is 4.74 Å². The molecule has 2 atom stereocenters. The molecule has 5 heteroatoms. The number of hydrogen-bond acceptors (Lipinski definition) is 3. The molecule has 1 amide bonds. The van der Waals surface area contributed by atoms with Gasteiger partial charge in [0.25, 0.3) is 0 Å². The summed E-state index contributed by atoms with van der Waals surface area (Å²) in [5, 5.41) is 9.25. The van der Waals surface area contributed by atoms with E-state index in [2.05, 4.69) is 13.8 Å². The molecule has 108 valence electrons. The first kappa shape index (κ1) is 14.5. The fourth-order valence-corrected chi connectivity index (χ4v) is 2.40. The SMILES string of the molecule is CC(C)c1ccc(C2C(C(=O)O)OCC(=O)N2C)cc1. The Kier molecular flexibility index (Phi) is 4.09. The highest BCUT2D eigenvalue weighted by atomic mass is 16.5. The lowest BCUT2D eigenvalue weighted by Gasteiger charge is -2.37. The van der Waals surface area contributed by atoms with Gasteiger partial charge in [0.05, 0.1) is 6.04 Å². The van der Waals surface area contributed by atoms with Crippen LogP contribution >= 0.6 is 0 Å². The lowest BCUT2D eigenvalue weighted by molar-refractivity contribution is -0.171. The molecule has 1 aliphatic heterocycles. The van der Waals surface area contributed by atoms with Crippen molar-refractivity contribution in [1.29, 1.82) is 0 Å². The van der Waals surface area contributed by atoms with E-state index in [0.717, 1.165) is 5.56 Å². The van der Waals surface area contributed by atoms with Crippen LogP contribution in [0, 0.1) is 0 Å². The zero-order chi connectivity index (χ0) is 14.9. The Balaban J connectivity index is 2.34. The average molecular weight is 277 g/mol. The zero-order valence-electron chi connectivity index (χ0n) is 11.9. The number of aliphatic carboxylic acids is 1. The van der Waals surface area contributed by atoms with E-state index in [9.17, 15) is 14.7 Å². The smallest absolute Gasteiger partial charge is 0.335 e. The first-order valence-electron chi connectivity index (χ1n) is 6.61. The van der Waals surface area contributed by atoms with E-state index in [-0.39, 0.29) is 12.5 Å². The Labute approximate surface area is 118 Å². The number of carboxylic acids is 1. The number of carboxylic acid groups (broad SMARTS) is 1. The second-order valence-corrected chi connectivity index (χ2v) is 5.34. The van der Waals surface area contributed by atoms with E-state index < -0.39 is 18.1 Å². The first-order chi connectivity index (χ1) is 9.41. The van der Waals surface area contributed by atoms with Crippen LogP contribution in [-0.2, 0) is 14.3 Å². The van der Waals surface area contributed by atoms with Crippen LogP contribution in [0.15, 0.2) is 24.3 Å². The Morgan fingerprint density at radius 2 is 1.95 bits per heavy atom. The summed E-state index contributed by atoms with van der Waals surface area (Å²) < 4.78 is 5.18. The lowest BCUT2D eigenvalue weighted by Crippen LogP contribution is -2.50. The quantitative estimate of drug-likeness (QED) is 0.914. The fraction of sp³-hybridized carbons (Fsp3) is 0.467. The van der Waals surface area contributed by atoms with E-state index in [1.165, 1.54) is 10.5 Å². The maximum absolute atomic E-state index is 11.7. The Hall–Kier alpha value is -1.88. The molecular weight excluding hydrogens is 258 g/mol. The predicted octanol–water partition coefficient (Wildman–Crippen LogP) is 1.79. The van der Waals surface area contributed by atoms with Gasteiger partial charge in [-0.2, -0.15) is 0 Å². The van der Waals surface area contributed by atoms with Gasteiger partial charge < -0.3 is 14.7 Å². The van der Waals surface area contributed by atoms with E-state index in [0.29, 0.717) is 5.92 Å². The van der Waals surface area contributed by atoms with Crippen molar-refractivity contribution in [2.24, 2.45) is 0 Å². The third-order valence-electron chi connectivity index (χ3n) is 3.67. The van der Waals surface area contributed by atoms with Gasteiger partial charge in [0.15, 0.2) is 6.10 Å². The molecule has 1 aromatic rings. The number of carbonyl (C=O) groups excluding carboxylic acids is 1. The van der Waals surface area contributed by atoms with Crippen molar-refractivity contribution in [3.05, 3.63) is 35.4 Å². The molecule has 1 fully saturated rings. The van der Waals surface area contributed by atoms with Crippen LogP contribution in [0.25, 0.3) is 0 Å². The number of rotatable bonds is 3. The highest BCUT2D eigenvalue weighted by molar-refractivity contribution is 5.82. The zero-order valence-corrected chi connectivity index (χ0v) is 11.9. The van der Waals surface area contributed by atoms with Crippen LogP contribution in [0.4, 0.5) is 0 Å². The van der Waals surface area contributed by atoms with Gasteiger partial charge in [-0.05, 0) is 17.0 Å². The number of ether oxygens (including phenoxy) is 1. The van der Waals surface area contributed by atoms with Crippen molar-refractivity contribution in [3.63, 3.8) is 0 Å². The van der Waals surface area contributed by atoms with Gasteiger partial charge in [-0.3, -0.25) is 4.79 Å². The van der Waals surface area contributed by atoms with Crippen LogP contribution in [0.1, 0.15) is 36.9 Å². The third-order valence-corrected chi connectivity index (χ3v) is 3.67. The highest BCUT2D eigenvalue weighted by Gasteiger charge is 2.39. The van der Waals surface area contributed by atoms with Gasteiger partial charge in [-0.15, -0.1) is 0 Å². The maximum Gasteiger partial charge on any atom is 0.335 e. The summed E-state index contributed by atoms with van der Waals surface area (Å²) in [6, 6.07) is 7.08. The minimum Gasteiger partial charge on any atom is -0.479 e. The summed E-state index contributed by atoms with van der Waals surface area (Å²) >= 11 is 0. The summed E-state index contributed by atoms with van der Waals surface area (Å²) in [5.41, 5.74) is 1.95. The number of amides is 1. The summed E-state index contributed by atoms with van der Waals surface area (Å²) in [5.74, 6) is -0.857. The topological polar surface area (TPSA) is 66.8 Å². The molecule has 0 bridgehead atoms. The number of morpholine rings is 1. The van der Waals surface area contributed by atoms with Crippen molar-refractivity contribution in [2.75, 3.05) is 13.7 Å². The Bertz CT molecular complexity index is 509. The average Bonchev–Trinajstić information content (AvgIpc) is 2.41. The summed E-state index contributed by atoms with van der Waals surface area (Å²) in [4.78, 5) is 24.5. The van der Waals surface area contributed by atoms with Crippen molar-refractivity contribution < 1.29 is 19.4 Å². The highest BCUT2D eigenvalue weighted by Crippen LogP contribution is 2.30. The number of hydrogen-bond donors (Lipinski definition) is 1. The summed E-state index contributed by atoms with van der Waals surface area (Å²) in [7, 11) is 1.61. The maximum atomic E-state index is 11.7. The largest absolute Gasteiger partial charge is 0.479 e.